The molecule has 2 rings (SSSR count). The average molecular weight is 244 g/mol. The van der Waals surface area contributed by atoms with E-state index in [0.717, 1.165) is 6.07 Å². The third-order valence-electron chi connectivity index (χ3n) is 3.02. The highest BCUT2D eigenvalue weighted by atomic mass is 19.2. The Morgan fingerprint density at radius 2 is 1.82 bits per heavy atom. The molecule has 0 atom stereocenters. The highest BCUT2D eigenvalue weighted by molar-refractivity contribution is 5.70. The van der Waals surface area contributed by atoms with Gasteiger partial charge in [0.2, 0.25) is 5.79 Å². The number of anilines is 2. The summed E-state index contributed by atoms with van der Waals surface area (Å²) in [5.41, 5.74) is 5.91. The maximum Gasteiger partial charge on any atom is 0.203 e. The molecule has 0 unspecified atom stereocenters. The molecule has 17 heavy (non-hydrogen) atoms. The molecular formula is C11H14F2N2O2. The van der Waals surface area contributed by atoms with E-state index in [2.05, 4.69) is 0 Å². The van der Waals surface area contributed by atoms with Gasteiger partial charge >= 0.3 is 0 Å². The third kappa shape index (κ3) is 1.83. The zero-order chi connectivity index (χ0) is 12.6. The number of rotatable bonds is 3. The van der Waals surface area contributed by atoms with E-state index in [-0.39, 0.29) is 11.4 Å². The van der Waals surface area contributed by atoms with Crippen molar-refractivity contribution in [2.45, 2.75) is 5.79 Å². The standard InChI is InChI=1S/C11H14F2N2O2/c1-16-11(17-2)5-15(6-11)10-8(14)4-3-7(12)9(10)13/h3-4H,5-6,14H2,1-2H3. The molecule has 0 bridgehead atoms. The van der Waals surface area contributed by atoms with E-state index >= 15 is 0 Å². The molecule has 4 nitrogen and oxygen atoms in total. The van der Waals surface area contributed by atoms with Crippen molar-refractivity contribution >= 4 is 11.4 Å². The fourth-order valence-electron chi connectivity index (χ4n) is 1.91. The Kier molecular flexibility index (Phi) is 2.92. The number of benzene rings is 1. The maximum atomic E-state index is 13.6. The minimum Gasteiger partial charge on any atom is -0.397 e. The number of ether oxygens (including phenoxy) is 2. The van der Waals surface area contributed by atoms with Crippen LogP contribution < -0.4 is 10.6 Å². The number of nitrogens with two attached hydrogens (primary N) is 1. The molecule has 0 radical (unpaired) electrons. The van der Waals surface area contributed by atoms with Gasteiger partial charge in [-0.3, -0.25) is 0 Å². The second-order valence-electron chi connectivity index (χ2n) is 3.97. The Bertz CT molecular complexity index is 428. The highest BCUT2D eigenvalue weighted by Crippen LogP contribution is 2.36. The molecule has 1 aromatic rings. The smallest absolute Gasteiger partial charge is 0.203 e. The van der Waals surface area contributed by atoms with E-state index in [1.807, 2.05) is 0 Å². The van der Waals surface area contributed by atoms with E-state index < -0.39 is 17.4 Å². The van der Waals surface area contributed by atoms with Gasteiger partial charge in [0.05, 0.1) is 24.5 Å². The second-order valence-corrected chi connectivity index (χ2v) is 3.97. The van der Waals surface area contributed by atoms with Crippen molar-refractivity contribution in [2.75, 3.05) is 37.9 Å². The first-order chi connectivity index (χ1) is 8.03. The van der Waals surface area contributed by atoms with Crippen molar-refractivity contribution in [3.8, 4) is 0 Å². The summed E-state index contributed by atoms with van der Waals surface area (Å²) in [5, 5.41) is 0. The van der Waals surface area contributed by atoms with Crippen LogP contribution in [0.25, 0.3) is 0 Å². The summed E-state index contributed by atoms with van der Waals surface area (Å²) in [6.45, 7) is 0.620. The summed E-state index contributed by atoms with van der Waals surface area (Å²) in [6, 6.07) is 2.35. The first kappa shape index (κ1) is 12.1. The maximum absolute atomic E-state index is 13.6. The van der Waals surface area contributed by atoms with Crippen LogP contribution in [0.1, 0.15) is 0 Å². The van der Waals surface area contributed by atoms with Gasteiger partial charge in [0.15, 0.2) is 11.6 Å². The molecule has 1 saturated heterocycles. The quantitative estimate of drug-likeness (QED) is 0.644. The van der Waals surface area contributed by atoms with Gasteiger partial charge < -0.3 is 20.1 Å². The van der Waals surface area contributed by atoms with E-state index in [4.69, 9.17) is 15.2 Å². The van der Waals surface area contributed by atoms with Gasteiger partial charge in [0.25, 0.3) is 0 Å². The summed E-state index contributed by atoms with van der Waals surface area (Å²) in [7, 11) is 3.01. The number of halogens is 2. The first-order valence-electron chi connectivity index (χ1n) is 5.12. The van der Waals surface area contributed by atoms with Crippen molar-refractivity contribution in [3.63, 3.8) is 0 Å². The van der Waals surface area contributed by atoms with Crippen LogP contribution in [-0.4, -0.2) is 33.1 Å². The summed E-state index contributed by atoms with van der Waals surface area (Å²) in [4.78, 5) is 1.58. The summed E-state index contributed by atoms with van der Waals surface area (Å²) in [6.07, 6.45) is 0. The second kappa shape index (κ2) is 4.12. The molecule has 0 saturated carbocycles. The fourth-order valence-corrected chi connectivity index (χ4v) is 1.91. The SMILES string of the molecule is COC1(OC)CN(c2c(N)ccc(F)c2F)C1. The van der Waals surface area contributed by atoms with Gasteiger partial charge in [-0.15, -0.1) is 0 Å². The molecule has 2 N–H and O–H groups in total. The minimum atomic E-state index is -0.939. The predicted octanol–water partition coefficient (Wildman–Crippen LogP) is 1.36. The van der Waals surface area contributed by atoms with E-state index in [1.54, 1.807) is 4.90 Å². The lowest BCUT2D eigenvalue weighted by Crippen LogP contribution is -2.64. The monoisotopic (exact) mass is 244 g/mol. The van der Waals surface area contributed by atoms with Crippen LogP contribution in [0.3, 0.4) is 0 Å². The van der Waals surface area contributed by atoms with Gasteiger partial charge in [0, 0.05) is 14.2 Å². The number of nitrogen functional groups attached to an aromatic ring is 1. The van der Waals surface area contributed by atoms with E-state index in [0.29, 0.717) is 13.1 Å². The van der Waals surface area contributed by atoms with Crippen molar-refractivity contribution in [2.24, 2.45) is 0 Å². The van der Waals surface area contributed by atoms with Crippen LogP contribution in [0.5, 0.6) is 0 Å². The van der Waals surface area contributed by atoms with Crippen LogP contribution >= 0.6 is 0 Å². The molecule has 0 aliphatic carbocycles. The lowest BCUT2D eigenvalue weighted by Gasteiger charge is -2.48. The summed E-state index contributed by atoms with van der Waals surface area (Å²) >= 11 is 0. The minimum absolute atomic E-state index is 0.0646. The van der Waals surface area contributed by atoms with Crippen molar-refractivity contribution in [3.05, 3.63) is 23.8 Å². The zero-order valence-electron chi connectivity index (χ0n) is 9.67. The first-order valence-corrected chi connectivity index (χ1v) is 5.12. The number of hydrogen-bond acceptors (Lipinski definition) is 4. The average Bonchev–Trinajstić information content (AvgIpc) is 2.27. The van der Waals surface area contributed by atoms with Crippen molar-refractivity contribution < 1.29 is 18.3 Å². The van der Waals surface area contributed by atoms with Gasteiger partial charge in [-0.05, 0) is 12.1 Å². The predicted molar refractivity (Wildman–Crippen MR) is 59.7 cm³/mol. The van der Waals surface area contributed by atoms with Gasteiger partial charge in [-0.25, -0.2) is 8.78 Å². The van der Waals surface area contributed by atoms with Crippen LogP contribution in [0, 0.1) is 11.6 Å². The molecule has 1 heterocycles. The number of methoxy groups -OCH3 is 2. The Morgan fingerprint density at radius 1 is 1.24 bits per heavy atom. The highest BCUT2D eigenvalue weighted by Gasteiger charge is 2.45. The van der Waals surface area contributed by atoms with Crippen LogP contribution in [0.4, 0.5) is 20.2 Å². The largest absolute Gasteiger partial charge is 0.397 e. The van der Waals surface area contributed by atoms with Crippen molar-refractivity contribution in [1.82, 2.24) is 0 Å². The Balaban J connectivity index is 2.24. The molecule has 1 aromatic carbocycles. The Hall–Kier alpha value is -1.40. The number of hydrogen-bond donors (Lipinski definition) is 1. The zero-order valence-corrected chi connectivity index (χ0v) is 9.67. The fraction of sp³-hybridized carbons (Fsp3) is 0.455. The molecule has 0 spiro atoms. The van der Waals surface area contributed by atoms with E-state index in [9.17, 15) is 8.78 Å². The topological polar surface area (TPSA) is 47.7 Å². The lowest BCUT2D eigenvalue weighted by atomic mass is 10.1. The Morgan fingerprint density at radius 3 is 2.35 bits per heavy atom. The van der Waals surface area contributed by atoms with Gasteiger partial charge in [-0.1, -0.05) is 0 Å². The van der Waals surface area contributed by atoms with Crippen LogP contribution in [-0.2, 0) is 9.47 Å². The summed E-state index contributed by atoms with van der Waals surface area (Å²) < 4.78 is 37.1. The molecule has 0 aromatic heterocycles. The molecule has 6 heteroatoms. The molecule has 1 aliphatic heterocycles. The molecular weight excluding hydrogens is 230 g/mol. The van der Waals surface area contributed by atoms with Gasteiger partial charge in [0.1, 0.15) is 0 Å². The van der Waals surface area contributed by atoms with Gasteiger partial charge in [-0.2, -0.15) is 0 Å². The summed E-state index contributed by atoms with van der Waals surface area (Å²) in [5.74, 6) is -2.61. The Labute approximate surface area is 97.9 Å². The molecule has 1 aliphatic rings. The normalized spacial score (nSPS) is 18.0. The van der Waals surface area contributed by atoms with Crippen LogP contribution in [0.15, 0.2) is 12.1 Å². The lowest BCUT2D eigenvalue weighted by molar-refractivity contribution is -0.219. The van der Waals surface area contributed by atoms with Crippen LogP contribution in [0.2, 0.25) is 0 Å². The molecule has 0 amide bonds. The van der Waals surface area contributed by atoms with E-state index in [1.165, 1.54) is 20.3 Å². The molecule has 94 valence electrons. The number of nitrogens with zero attached hydrogens (tertiary/aromatic N) is 1. The van der Waals surface area contributed by atoms with Crippen molar-refractivity contribution in [1.29, 1.82) is 0 Å². The molecule has 1 fully saturated rings. The third-order valence-corrected chi connectivity index (χ3v) is 3.02.